The predicted octanol–water partition coefficient (Wildman–Crippen LogP) is 5.56. The van der Waals surface area contributed by atoms with Crippen molar-refractivity contribution in [1.82, 2.24) is 0 Å². The number of esters is 1. The SMILES string of the molecule is COC(=O)c1ccc(NC(=O)/C(C#N)=C/c2ccc(OCc3cccc(C)c3)c(Cl)c2)cc1. The minimum Gasteiger partial charge on any atom is -0.487 e. The van der Waals surface area contributed by atoms with E-state index in [1.807, 2.05) is 37.3 Å². The molecule has 0 radical (unpaired) electrons. The van der Waals surface area contributed by atoms with Gasteiger partial charge in [-0.2, -0.15) is 5.26 Å². The van der Waals surface area contributed by atoms with Crippen molar-refractivity contribution in [3.63, 3.8) is 0 Å². The van der Waals surface area contributed by atoms with E-state index in [0.717, 1.165) is 11.1 Å². The molecule has 7 heteroatoms. The van der Waals surface area contributed by atoms with Crippen LogP contribution in [0.2, 0.25) is 5.02 Å². The summed E-state index contributed by atoms with van der Waals surface area (Å²) >= 11 is 6.34. The number of halogens is 1. The van der Waals surface area contributed by atoms with E-state index in [4.69, 9.17) is 16.3 Å². The molecule has 3 aromatic rings. The zero-order valence-electron chi connectivity index (χ0n) is 18.1. The summed E-state index contributed by atoms with van der Waals surface area (Å²) in [5.41, 5.74) is 3.44. The lowest BCUT2D eigenvalue weighted by Crippen LogP contribution is -2.13. The van der Waals surface area contributed by atoms with E-state index >= 15 is 0 Å². The van der Waals surface area contributed by atoms with Crippen molar-refractivity contribution in [2.75, 3.05) is 12.4 Å². The monoisotopic (exact) mass is 460 g/mol. The van der Waals surface area contributed by atoms with E-state index in [0.29, 0.717) is 34.2 Å². The van der Waals surface area contributed by atoms with Crippen LogP contribution in [0.3, 0.4) is 0 Å². The first-order chi connectivity index (χ1) is 15.9. The van der Waals surface area contributed by atoms with Crippen LogP contribution in [0.5, 0.6) is 5.75 Å². The maximum Gasteiger partial charge on any atom is 0.337 e. The Hall–Kier alpha value is -4.08. The lowest BCUT2D eigenvalue weighted by molar-refractivity contribution is -0.112. The Bertz CT molecular complexity index is 1240. The molecular weight excluding hydrogens is 440 g/mol. The number of rotatable bonds is 7. The molecule has 166 valence electrons. The van der Waals surface area contributed by atoms with Crippen molar-refractivity contribution < 1.29 is 19.1 Å². The highest BCUT2D eigenvalue weighted by molar-refractivity contribution is 6.32. The zero-order valence-corrected chi connectivity index (χ0v) is 18.8. The van der Waals surface area contributed by atoms with Gasteiger partial charge < -0.3 is 14.8 Å². The molecule has 3 aromatic carbocycles. The highest BCUT2D eigenvalue weighted by Crippen LogP contribution is 2.27. The Kier molecular flexibility index (Phi) is 7.85. The van der Waals surface area contributed by atoms with Crippen LogP contribution in [0.4, 0.5) is 5.69 Å². The van der Waals surface area contributed by atoms with Crippen LogP contribution in [0.1, 0.15) is 27.0 Å². The van der Waals surface area contributed by atoms with Gasteiger partial charge in [0.15, 0.2) is 0 Å². The first-order valence-corrected chi connectivity index (χ1v) is 10.4. The average Bonchev–Trinajstić information content (AvgIpc) is 2.82. The standard InChI is InChI=1S/C26H21ClN2O4/c1-17-4-3-5-19(12-17)16-33-24-11-6-18(14-23(24)27)13-21(15-28)25(30)29-22-9-7-20(8-10-22)26(31)32-2/h3-14H,16H2,1-2H3,(H,29,30)/b21-13+. The number of amides is 1. The van der Waals surface area contributed by atoms with E-state index in [9.17, 15) is 14.9 Å². The van der Waals surface area contributed by atoms with Crippen LogP contribution in [0.25, 0.3) is 6.08 Å². The molecule has 0 saturated heterocycles. The molecule has 1 amide bonds. The van der Waals surface area contributed by atoms with Gasteiger partial charge in [-0.05, 0) is 60.5 Å². The number of carbonyl (C=O) groups is 2. The number of methoxy groups -OCH3 is 1. The van der Waals surface area contributed by atoms with Gasteiger partial charge in [0.25, 0.3) is 5.91 Å². The van der Waals surface area contributed by atoms with Gasteiger partial charge in [-0.25, -0.2) is 4.79 Å². The molecule has 33 heavy (non-hydrogen) atoms. The topological polar surface area (TPSA) is 88.4 Å². The number of carbonyl (C=O) groups excluding carboxylic acids is 2. The first-order valence-electron chi connectivity index (χ1n) is 9.99. The molecule has 0 unspecified atom stereocenters. The summed E-state index contributed by atoms with van der Waals surface area (Å²) in [6, 6.07) is 21.1. The smallest absolute Gasteiger partial charge is 0.337 e. The Balaban J connectivity index is 1.68. The molecule has 0 bridgehead atoms. The summed E-state index contributed by atoms with van der Waals surface area (Å²) in [4.78, 5) is 24.0. The molecule has 0 aliphatic heterocycles. The van der Waals surface area contributed by atoms with Gasteiger partial charge in [0.2, 0.25) is 0 Å². The Morgan fingerprint density at radius 3 is 2.48 bits per heavy atom. The minimum atomic E-state index is -0.584. The van der Waals surface area contributed by atoms with Crippen molar-refractivity contribution in [1.29, 1.82) is 5.26 Å². The Morgan fingerprint density at radius 1 is 1.09 bits per heavy atom. The average molecular weight is 461 g/mol. The van der Waals surface area contributed by atoms with Crippen molar-refractivity contribution in [2.24, 2.45) is 0 Å². The van der Waals surface area contributed by atoms with Crippen molar-refractivity contribution in [3.8, 4) is 11.8 Å². The highest BCUT2D eigenvalue weighted by Gasteiger charge is 2.12. The van der Waals surface area contributed by atoms with Gasteiger partial charge in [-0.3, -0.25) is 4.79 Å². The Labute approximate surface area is 197 Å². The number of ether oxygens (including phenoxy) is 2. The second kappa shape index (κ2) is 11.0. The van der Waals surface area contributed by atoms with Gasteiger partial charge >= 0.3 is 5.97 Å². The van der Waals surface area contributed by atoms with E-state index < -0.39 is 11.9 Å². The second-order valence-electron chi connectivity index (χ2n) is 7.16. The third-order valence-electron chi connectivity index (χ3n) is 4.67. The van der Waals surface area contributed by atoms with Crippen molar-refractivity contribution in [3.05, 3.63) is 99.6 Å². The zero-order chi connectivity index (χ0) is 23.8. The summed E-state index contributed by atoms with van der Waals surface area (Å²) in [6.07, 6.45) is 1.44. The van der Waals surface area contributed by atoms with Crippen LogP contribution in [0, 0.1) is 18.3 Å². The van der Waals surface area contributed by atoms with Gasteiger partial charge in [-0.1, -0.05) is 47.5 Å². The van der Waals surface area contributed by atoms with Crippen LogP contribution in [-0.4, -0.2) is 19.0 Å². The molecule has 0 aliphatic carbocycles. The number of hydrogen-bond donors (Lipinski definition) is 1. The van der Waals surface area contributed by atoms with Crippen LogP contribution in [-0.2, 0) is 16.1 Å². The summed E-state index contributed by atoms with van der Waals surface area (Å²) in [6.45, 7) is 2.38. The highest BCUT2D eigenvalue weighted by atomic mass is 35.5. The number of anilines is 1. The molecule has 6 nitrogen and oxygen atoms in total. The van der Waals surface area contributed by atoms with Crippen LogP contribution < -0.4 is 10.1 Å². The molecule has 0 heterocycles. The number of nitrogens with zero attached hydrogens (tertiary/aromatic N) is 1. The van der Waals surface area contributed by atoms with Crippen molar-refractivity contribution in [2.45, 2.75) is 13.5 Å². The third-order valence-corrected chi connectivity index (χ3v) is 4.97. The fourth-order valence-corrected chi connectivity index (χ4v) is 3.25. The normalized spacial score (nSPS) is 10.8. The minimum absolute atomic E-state index is 0.100. The molecule has 0 aromatic heterocycles. The third kappa shape index (κ3) is 6.45. The molecule has 0 aliphatic rings. The number of nitriles is 1. The Morgan fingerprint density at radius 2 is 1.85 bits per heavy atom. The molecule has 0 fully saturated rings. The summed E-state index contributed by atoms with van der Waals surface area (Å²) < 4.78 is 10.4. The lowest BCUT2D eigenvalue weighted by atomic mass is 10.1. The largest absolute Gasteiger partial charge is 0.487 e. The number of aryl methyl sites for hydroxylation is 1. The first kappa shape index (κ1) is 23.6. The van der Waals surface area contributed by atoms with Gasteiger partial charge in [0.1, 0.15) is 24.0 Å². The molecule has 1 N–H and O–H groups in total. The number of nitrogens with one attached hydrogen (secondary N) is 1. The number of hydrogen-bond acceptors (Lipinski definition) is 5. The molecule has 0 saturated carbocycles. The fraction of sp³-hybridized carbons (Fsp3) is 0.115. The van der Waals surface area contributed by atoms with E-state index in [-0.39, 0.29) is 5.57 Å². The summed E-state index contributed by atoms with van der Waals surface area (Å²) in [7, 11) is 1.29. The van der Waals surface area contributed by atoms with Crippen LogP contribution >= 0.6 is 11.6 Å². The predicted molar refractivity (Wildman–Crippen MR) is 127 cm³/mol. The number of benzene rings is 3. The van der Waals surface area contributed by atoms with E-state index in [1.54, 1.807) is 30.3 Å². The van der Waals surface area contributed by atoms with Crippen LogP contribution in [0.15, 0.2) is 72.3 Å². The van der Waals surface area contributed by atoms with E-state index in [1.165, 1.54) is 25.3 Å². The summed E-state index contributed by atoms with van der Waals surface area (Å²) in [5, 5.41) is 12.4. The maximum atomic E-state index is 12.5. The second-order valence-corrected chi connectivity index (χ2v) is 7.57. The van der Waals surface area contributed by atoms with E-state index in [2.05, 4.69) is 10.1 Å². The molecule has 0 spiro atoms. The molecule has 3 rings (SSSR count). The lowest BCUT2D eigenvalue weighted by Gasteiger charge is -2.09. The van der Waals surface area contributed by atoms with Crippen molar-refractivity contribution >= 4 is 35.2 Å². The van der Waals surface area contributed by atoms with Gasteiger partial charge in [0.05, 0.1) is 17.7 Å². The molecule has 0 atom stereocenters. The van der Waals surface area contributed by atoms with Gasteiger partial charge in [0, 0.05) is 5.69 Å². The fourth-order valence-electron chi connectivity index (χ4n) is 3.01. The summed E-state index contributed by atoms with van der Waals surface area (Å²) in [5.74, 6) is -0.558. The maximum absolute atomic E-state index is 12.5. The quantitative estimate of drug-likeness (QED) is 0.283. The van der Waals surface area contributed by atoms with Gasteiger partial charge in [-0.15, -0.1) is 0 Å². The molecular formula is C26H21ClN2O4.